The summed E-state index contributed by atoms with van der Waals surface area (Å²) in [6, 6.07) is 13.4. The lowest BCUT2D eigenvalue weighted by Crippen LogP contribution is -2.51. The Labute approximate surface area is 192 Å². The molecule has 2 aromatic carbocycles. The molecule has 7 heteroatoms. The van der Waals surface area contributed by atoms with Crippen molar-refractivity contribution in [3.8, 4) is 12.3 Å². The Morgan fingerprint density at radius 3 is 2.58 bits per heavy atom. The minimum Gasteiger partial charge on any atom is -0.340 e. The van der Waals surface area contributed by atoms with Crippen LogP contribution >= 0.6 is 0 Å². The molecule has 3 aromatic rings. The molecule has 2 aliphatic rings. The summed E-state index contributed by atoms with van der Waals surface area (Å²) in [5, 5.41) is 4.16. The van der Waals surface area contributed by atoms with Crippen LogP contribution in [0.4, 0.5) is 11.5 Å². The van der Waals surface area contributed by atoms with Crippen molar-refractivity contribution in [2.24, 2.45) is 5.92 Å². The van der Waals surface area contributed by atoms with Crippen LogP contribution in [0.3, 0.4) is 0 Å². The molecule has 0 bridgehead atoms. The lowest BCUT2D eigenvalue weighted by atomic mass is 10.1. The number of nitrogens with zero attached hydrogens (tertiary/aromatic N) is 4. The predicted molar refractivity (Wildman–Crippen MR) is 127 cm³/mol. The molecule has 33 heavy (non-hydrogen) atoms. The van der Waals surface area contributed by atoms with E-state index in [-0.39, 0.29) is 17.7 Å². The zero-order valence-electron chi connectivity index (χ0n) is 18.3. The van der Waals surface area contributed by atoms with E-state index in [4.69, 9.17) is 6.42 Å². The van der Waals surface area contributed by atoms with Gasteiger partial charge in [-0.1, -0.05) is 18.1 Å². The molecular weight excluding hydrogens is 414 g/mol. The van der Waals surface area contributed by atoms with E-state index in [0.717, 1.165) is 40.6 Å². The van der Waals surface area contributed by atoms with E-state index >= 15 is 0 Å². The topological polar surface area (TPSA) is 78.4 Å². The van der Waals surface area contributed by atoms with Crippen molar-refractivity contribution < 1.29 is 9.59 Å². The van der Waals surface area contributed by atoms with Gasteiger partial charge in [-0.15, -0.1) is 6.42 Å². The van der Waals surface area contributed by atoms with Gasteiger partial charge < -0.3 is 15.1 Å². The minimum absolute atomic E-state index is 0.0703. The molecule has 166 valence electrons. The Morgan fingerprint density at radius 1 is 1.03 bits per heavy atom. The molecule has 2 heterocycles. The summed E-state index contributed by atoms with van der Waals surface area (Å²) in [6.45, 7) is 2.42. The number of nitrogens with one attached hydrogen (secondary N) is 1. The molecule has 0 spiro atoms. The Kier molecular flexibility index (Phi) is 5.66. The van der Waals surface area contributed by atoms with Gasteiger partial charge in [0.2, 0.25) is 11.8 Å². The normalized spacial score (nSPS) is 15.8. The lowest BCUT2D eigenvalue weighted by molar-refractivity contribution is -0.140. The lowest BCUT2D eigenvalue weighted by Gasteiger charge is -2.35. The number of carbonyl (C=O) groups is 2. The number of hydrogen-bond acceptors (Lipinski definition) is 5. The van der Waals surface area contributed by atoms with Crippen molar-refractivity contribution in [1.82, 2.24) is 19.8 Å². The van der Waals surface area contributed by atoms with Crippen molar-refractivity contribution in [2.45, 2.75) is 19.3 Å². The molecule has 0 atom stereocenters. The number of hydrogen-bond donors (Lipinski definition) is 1. The maximum absolute atomic E-state index is 12.9. The number of benzene rings is 2. The maximum atomic E-state index is 12.9. The first-order chi connectivity index (χ1) is 16.1. The summed E-state index contributed by atoms with van der Waals surface area (Å²) in [4.78, 5) is 37.7. The molecule has 7 nitrogen and oxygen atoms in total. The summed E-state index contributed by atoms with van der Waals surface area (Å²) in [6.07, 6.45) is 9.35. The first kappa shape index (κ1) is 21.0. The van der Waals surface area contributed by atoms with E-state index in [9.17, 15) is 9.59 Å². The van der Waals surface area contributed by atoms with Gasteiger partial charge in [0.15, 0.2) is 0 Å². The first-order valence-corrected chi connectivity index (χ1v) is 11.2. The molecule has 1 saturated heterocycles. The third-order valence-electron chi connectivity index (χ3n) is 6.22. The molecule has 0 radical (unpaired) electrons. The molecule has 1 aromatic heterocycles. The highest BCUT2D eigenvalue weighted by Crippen LogP contribution is 2.31. The predicted octanol–water partition coefficient (Wildman–Crippen LogP) is 2.98. The fraction of sp³-hybridized carbons (Fsp3) is 0.308. The van der Waals surface area contributed by atoms with Gasteiger partial charge >= 0.3 is 0 Å². The summed E-state index contributed by atoms with van der Waals surface area (Å²) >= 11 is 0. The third-order valence-corrected chi connectivity index (χ3v) is 6.22. The Balaban J connectivity index is 1.29. The van der Waals surface area contributed by atoms with Gasteiger partial charge in [-0.2, -0.15) is 0 Å². The van der Waals surface area contributed by atoms with E-state index in [1.807, 2.05) is 52.3 Å². The van der Waals surface area contributed by atoms with Gasteiger partial charge in [0.1, 0.15) is 12.1 Å². The second-order valence-corrected chi connectivity index (χ2v) is 8.58. The fourth-order valence-electron chi connectivity index (χ4n) is 4.19. The Hall–Kier alpha value is -3.92. The Morgan fingerprint density at radius 2 is 1.82 bits per heavy atom. The standard InChI is InChI=1S/C26H25N5O2/c1-2-18-4-3-5-21(14-18)29-25-22-15-19(6-9-23(22)27-17-28-25)16-24(32)30-10-12-31(13-11-30)26(33)20-7-8-20/h1,3-6,9,14-15,17,20H,7-8,10-13,16H2,(H,27,28,29). The number of rotatable bonds is 5. The van der Waals surface area contributed by atoms with Gasteiger partial charge in [-0.05, 0) is 48.7 Å². The average Bonchev–Trinajstić information content (AvgIpc) is 3.70. The summed E-state index contributed by atoms with van der Waals surface area (Å²) in [5.74, 6) is 3.85. The molecule has 1 aliphatic carbocycles. The highest BCUT2D eigenvalue weighted by atomic mass is 16.2. The number of terminal acetylenes is 1. The smallest absolute Gasteiger partial charge is 0.227 e. The average molecular weight is 440 g/mol. The maximum Gasteiger partial charge on any atom is 0.227 e. The second-order valence-electron chi connectivity index (χ2n) is 8.58. The van der Waals surface area contributed by atoms with Crippen LogP contribution in [0, 0.1) is 18.3 Å². The van der Waals surface area contributed by atoms with E-state index in [1.54, 1.807) is 0 Å². The number of carbonyl (C=O) groups excluding carboxylic acids is 2. The highest BCUT2D eigenvalue weighted by Gasteiger charge is 2.35. The van der Waals surface area contributed by atoms with Crippen LogP contribution in [0.25, 0.3) is 10.9 Å². The van der Waals surface area contributed by atoms with Crippen molar-refractivity contribution in [1.29, 1.82) is 0 Å². The van der Waals surface area contributed by atoms with Crippen molar-refractivity contribution in [3.05, 3.63) is 59.9 Å². The van der Waals surface area contributed by atoms with Crippen molar-refractivity contribution in [3.63, 3.8) is 0 Å². The summed E-state index contributed by atoms with van der Waals surface area (Å²) < 4.78 is 0. The molecule has 2 fully saturated rings. The molecule has 5 rings (SSSR count). The van der Waals surface area contributed by atoms with Crippen LogP contribution in [0.2, 0.25) is 0 Å². The zero-order valence-corrected chi connectivity index (χ0v) is 18.3. The van der Waals surface area contributed by atoms with Crippen LogP contribution in [-0.4, -0.2) is 57.8 Å². The van der Waals surface area contributed by atoms with Crippen molar-refractivity contribution >= 4 is 34.2 Å². The van der Waals surface area contributed by atoms with Gasteiger partial charge in [0.05, 0.1) is 11.9 Å². The van der Waals surface area contributed by atoms with Gasteiger partial charge in [0.25, 0.3) is 0 Å². The van der Waals surface area contributed by atoms with E-state index < -0.39 is 0 Å². The zero-order chi connectivity index (χ0) is 22.8. The van der Waals surface area contributed by atoms with Crippen molar-refractivity contribution in [2.75, 3.05) is 31.5 Å². The van der Waals surface area contributed by atoms with Crippen LogP contribution in [0.15, 0.2) is 48.8 Å². The quantitative estimate of drug-likeness (QED) is 0.619. The second kappa shape index (κ2) is 8.91. The molecule has 0 unspecified atom stereocenters. The minimum atomic E-state index is 0.0703. The molecule has 1 saturated carbocycles. The van der Waals surface area contributed by atoms with E-state index in [2.05, 4.69) is 21.2 Å². The van der Waals surface area contributed by atoms with Crippen LogP contribution < -0.4 is 5.32 Å². The highest BCUT2D eigenvalue weighted by molar-refractivity contribution is 5.92. The number of aromatic nitrogens is 2. The number of fused-ring (bicyclic) bond motifs is 1. The molecule has 1 aliphatic heterocycles. The van der Waals surface area contributed by atoms with Gasteiger partial charge in [-0.3, -0.25) is 9.59 Å². The fourth-order valence-corrected chi connectivity index (χ4v) is 4.19. The third kappa shape index (κ3) is 4.65. The summed E-state index contributed by atoms with van der Waals surface area (Å²) in [7, 11) is 0. The Bertz CT molecular complexity index is 1250. The largest absolute Gasteiger partial charge is 0.340 e. The number of piperazine rings is 1. The van der Waals surface area contributed by atoms with Crippen LogP contribution in [-0.2, 0) is 16.0 Å². The molecular formula is C26H25N5O2. The monoisotopic (exact) mass is 439 g/mol. The van der Waals surface area contributed by atoms with E-state index in [0.29, 0.717) is 38.4 Å². The number of anilines is 2. The summed E-state index contributed by atoms with van der Waals surface area (Å²) in [5.41, 5.74) is 3.32. The van der Waals surface area contributed by atoms with E-state index in [1.165, 1.54) is 6.33 Å². The van der Waals surface area contributed by atoms with Crippen LogP contribution in [0.1, 0.15) is 24.0 Å². The van der Waals surface area contributed by atoms with Gasteiger partial charge in [-0.25, -0.2) is 9.97 Å². The van der Waals surface area contributed by atoms with Gasteiger partial charge in [0, 0.05) is 48.7 Å². The van der Waals surface area contributed by atoms with Crippen LogP contribution in [0.5, 0.6) is 0 Å². The molecule has 2 amide bonds. The molecule has 1 N–H and O–H groups in total. The first-order valence-electron chi connectivity index (χ1n) is 11.2. The SMILES string of the molecule is C#Cc1cccc(Nc2ncnc3ccc(CC(=O)N4CCN(C(=O)C5CC5)CC4)cc23)c1. The number of amides is 2.